The summed E-state index contributed by atoms with van der Waals surface area (Å²) >= 11 is 12.8. The lowest BCUT2D eigenvalue weighted by Gasteiger charge is -2.31. The molecule has 9 heteroatoms. The Morgan fingerprint density at radius 1 is 1.15 bits per heavy atom. The summed E-state index contributed by atoms with van der Waals surface area (Å²) in [5, 5.41) is 9.94. The van der Waals surface area contributed by atoms with Gasteiger partial charge in [-0.2, -0.15) is 0 Å². The summed E-state index contributed by atoms with van der Waals surface area (Å²) in [6.07, 6.45) is -3.84. The van der Waals surface area contributed by atoms with Gasteiger partial charge < -0.3 is 19.5 Å². The van der Waals surface area contributed by atoms with E-state index in [1.54, 1.807) is 47.4 Å². The second kappa shape index (κ2) is 10.3. The lowest BCUT2D eigenvalue weighted by atomic mass is 9.94. The number of anilines is 1. The summed E-state index contributed by atoms with van der Waals surface area (Å²) in [5.41, 5.74) is 1.56. The van der Waals surface area contributed by atoms with E-state index < -0.39 is 42.6 Å². The van der Waals surface area contributed by atoms with E-state index in [9.17, 15) is 14.4 Å². The van der Waals surface area contributed by atoms with Gasteiger partial charge in [-0.15, -0.1) is 0 Å². The van der Waals surface area contributed by atoms with Crippen molar-refractivity contribution in [3.63, 3.8) is 0 Å². The molecule has 0 bridgehead atoms. The van der Waals surface area contributed by atoms with Gasteiger partial charge in [0.15, 0.2) is 6.10 Å². The van der Waals surface area contributed by atoms with Crippen LogP contribution in [0.4, 0.5) is 5.69 Å². The fourth-order valence-electron chi connectivity index (χ4n) is 3.72. The number of hydrogen-bond acceptors (Lipinski definition) is 5. The van der Waals surface area contributed by atoms with Crippen LogP contribution in [0, 0.1) is 5.41 Å². The first-order chi connectivity index (χ1) is 15.9. The summed E-state index contributed by atoms with van der Waals surface area (Å²) in [6.45, 7) is 7.56. The zero-order chi connectivity index (χ0) is 25.2. The topological polar surface area (TPSA) is 93.1 Å². The molecule has 1 heterocycles. The number of amides is 1. The van der Waals surface area contributed by atoms with Gasteiger partial charge in [0.2, 0.25) is 0 Å². The van der Waals surface area contributed by atoms with E-state index in [1.807, 2.05) is 20.8 Å². The molecule has 0 fully saturated rings. The van der Waals surface area contributed by atoms with E-state index in [1.165, 1.54) is 6.92 Å². The van der Waals surface area contributed by atoms with Crippen molar-refractivity contribution in [3.8, 4) is 0 Å². The largest absolute Gasteiger partial charge is 0.479 e. The van der Waals surface area contributed by atoms with Crippen LogP contribution in [-0.2, 0) is 23.9 Å². The molecule has 2 aromatic rings. The van der Waals surface area contributed by atoms with Crippen molar-refractivity contribution in [1.29, 1.82) is 0 Å². The lowest BCUT2D eigenvalue weighted by molar-refractivity contribution is -0.165. The van der Waals surface area contributed by atoms with Crippen LogP contribution in [0.25, 0.3) is 0 Å². The highest BCUT2D eigenvalue weighted by Crippen LogP contribution is 2.42. The van der Waals surface area contributed by atoms with Crippen molar-refractivity contribution in [3.05, 3.63) is 63.6 Å². The van der Waals surface area contributed by atoms with Gasteiger partial charge in [-0.3, -0.25) is 9.59 Å². The number of carboxylic acids is 1. The van der Waals surface area contributed by atoms with Crippen molar-refractivity contribution >= 4 is 46.7 Å². The monoisotopic (exact) mass is 507 g/mol. The molecular weight excluding hydrogens is 481 g/mol. The Hall–Kier alpha value is -2.61. The highest BCUT2D eigenvalue weighted by atomic mass is 35.5. The zero-order valence-corrected chi connectivity index (χ0v) is 20.9. The van der Waals surface area contributed by atoms with Gasteiger partial charge in [0, 0.05) is 33.4 Å². The van der Waals surface area contributed by atoms with Crippen molar-refractivity contribution in [2.24, 2.45) is 5.41 Å². The predicted octanol–water partition coefficient (Wildman–Crippen LogP) is 5.27. The maximum absolute atomic E-state index is 13.7. The molecule has 0 unspecified atom stereocenters. The summed E-state index contributed by atoms with van der Waals surface area (Å²) in [5.74, 6) is -2.58. The fourth-order valence-corrected chi connectivity index (χ4v) is 4.13. The van der Waals surface area contributed by atoms with Gasteiger partial charge >= 0.3 is 11.9 Å². The SMILES string of the molecule is C[C@H](OC(=O)C[C@@H]1O[C@@H](c2ccccc2Cl)c2cc(Cl)ccc2N(CC(C)(C)C)C1=O)C(=O)O. The van der Waals surface area contributed by atoms with Crippen molar-refractivity contribution in [2.45, 2.75) is 52.4 Å². The normalized spacial score (nSPS) is 19.2. The Morgan fingerprint density at radius 3 is 2.44 bits per heavy atom. The van der Waals surface area contributed by atoms with E-state index in [4.69, 9.17) is 37.8 Å². The number of hydrogen-bond donors (Lipinski definition) is 1. The summed E-state index contributed by atoms with van der Waals surface area (Å²) in [4.78, 5) is 38.9. The second-order valence-electron chi connectivity index (χ2n) is 9.39. The maximum Gasteiger partial charge on any atom is 0.344 e. The molecule has 0 radical (unpaired) electrons. The number of esters is 1. The van der Waals surface area contributed by atoms with Crippen molar-refractivity contribution in [1.82, 2.24) is 0 Å². The van der Waals surface area contributed by atoms with E-state index in [2.05, 4.69) is 0 Å². The van der Waals surface area contributed by atoms with E-state index in [-0.39, 0.29) is 5.41 Å². The summed E-state index contributed by atoms with van der Waals surface area (Å²) in [7, 11) is 0. The third-order valence-corrected chi connectivity index (χ3v) is 5.81. The first-order valence-electron chi connectivity index (χ1n) is 10.8. The number of carbonyl (C=O) groups excluding carboxylic acids is 2. The predicted molar refractivity (Wildman–Crippen MR) is 129 cm³/mol. The van der Waals surface area contributed by atoms with Crippen molar-refractivity contribution < 1.29 is 29.0 Å². The Labute approximate surface area is 208 Å². The van der Waals surface area contributed by atoms with Gasteiger partial charge in [-0.1, -0.05) is 62.2 Å². The number of nitrogens with zero attached hydrogens (tertiary/aromatic N) is 1. The molecule has 3 rings (SSSR count). The molecule has 0 aliphatic carbocycles. The minimum Gasteiger partial charge on any atom is -0.479 e. The van der Waals surface area contributed by atoms with Gasteiger partial charge in [0.25, 0.3) is 5.91 Å². The molecule has 0 saturated carbocycles. The van der Waals surface area contributed by atoms with Crippen molar-refractivity contribution in [2.75, 3.05) is 11.4 Å². The average Bonchev–Trinajstić information content (AvgIpc) is 2.83. The molecule has 34 heavy (non-hydrogen) atoms. The quantitative estimate of drug-likeness (QED) is 0.535. The second-order valence-corrected chi connectivity index (χ2v) is 10.2. The number of rotatable bonds is 6. The molecule has 1 amide bonds. The van der Waals surface area contributed by atoms with E-state index >= 15 is 0 Å². The van der Waals surface area contributed by atoms with Crippen LogP contribution in [0.2, 0.25) is 10.0 Å². The van der Waals surface area contributed by atoms with Crippen LogP contribution >= 0.6 is 23.2 Å². The molecule has 182 valence electrons. The third-order valence-electron chi connectivity index (χ3n) is 5.23. The van der Waals surface area contributed by atoms with E-state index in [0.717, 1.165) is 0 Å². The molecule has 1 aliphatic rings. The molecule has 0 aromatic heterocycles. The number of aliphatic carboxylic acids is 1. The number of carboxylic acid groups (broad SMARTS) is 1. The smallest absolute Gasteiger partial charge is 0.344 e. The molecule has 2 aromatic carbocycles. The zero-order valence-electron chi connectivity index (χ0n) is 19.4. The number of carbonyl (C=O) groups is 3. The first-order valence-corrected chi connectivity index (χ1v) is 11.6. The Bertz CT molecular complexity index is 1100. The molecule has 1 aliphatic heterocycles. The summed E-state index contributed by atoms with van der Waals surface area (Å²) < 4.78 is 11.2. The highest BCUT2D eigenvalue weighted by molar-refractivity contribution is 6.31. The van der Waals surface area contributed by atoms with Crippen LogP contribution in [0.1, 0.15) is 51.3 Å². The van der Waals surface area contributed by atoms with Crippen LogP contribution < -0.4 is 4.90 Å². The maximum atomic E-state index is 13.7. The lowest BCUT2D eigenvalue weighted by Crippen LogP contribution is -2.44. The van der Waals surface area contributed by atoms with Crippen LogP contribution in [0.15, 0.2) is 42.5 Å². The van der Waals surface area contributed by atoms with Gasteiger partial charge in [-0.05, 0) is 36.6 Å². The van der Waals surface area contributed by atoms with Gasteiger partial charge in [0.05, 0.1) is 6.42 Å². The molecular formula is C25H27Cl2NO6. The number of benzene rings is 2. The molecule has 3 atom stereocenters. The molecule has 7 nitrogen and oxygen atoms in total. The number of fused-ring (bicyclic) bond motifs is 1. The third kappa shape index (κ3) is 6.09. The first kappa shape index (κ1) is 26.0. The average molecular weight is 508 g/mol. The number of ether oxygens (including phenoxy) is 2. The van der Waals surface area contributed by atoms with Crippen LogP contribution in [-0.4, -0.2) is 41.7 Å². The van der Waals surface area contributed by atoms with Crippen LogP contribution in [0.5, 0.6) is 0 Å². The van der Waals surface area contributed by atoms with Gasteiger partial charge in [-0.25, -0.2) is 4.79 Å². The van der Waals surface area contributed by atoms with Gasteiger partial charge in [0.1, 0.15) is 12.2 Å². The Kier molecular flexibility index (Phi) is 7.91. The molecule has 1 N–H and O–H groups in total. The summed E-state index contributed by atoms with van der Waals surface area (Å²) in [6, 6.07) is 12.2. The molecule has 0 saturated heterocycles. The highest BCUT2D eigenvalue weighted by Gasteiger charge is 2.40. The Balaban J connectivity index is 2.11. The minimum atomic E-state index is -1.35. The molecule has 0 spiro atoms. The number of halogens is 2. The Morgan fingerprint density at radius 2 is 1.82 bits per heavy atom. The van der Waals surface area contributed by atoms with E-state index in [0.29, 0.717) is 33.4 Å². The minimum absolute atomic E-state index is 0.278. The standard InChI is InChI=1S/C25H27Cl2NO6/c1-14(24(31)32)33-21(29)12-20-23(30)28(13-25(2,3)4)19-10-9-15(26)11-17(19)22(34-20)16-7-5-6-8-18(16)27/h5-11,14,20,22H,12-13H2,1-4H3,(H,31,32)/t14-,20-,22-/m0/s1. The van der Waals surface area contributed by atoms with Crippen LogP contribution in [0.3, 0.4) is 0 Å². The fraction of sp³-hybridized carbons (Fsp3) is 0.400.